The minimum Gasteiger partial charge on any atom is -0.298 e. The van der Waals surface area contributed by atoms with Crippen LogP contribution in [0, 0.1) is 5.41 Å². The summed E-state index contributed by atoms with van der Waals surface area (Å²) in [5, 5.41) is 0. The van der Waals surface area contributed by atoms with E-state index in [1.54, 1.807) is 13.8 Å². The lowest BCUT2D eigenvalue weighted by atomic mass is 9.92. The summed E-state index contributed by atoms with van der Waals surface area (Å²) in [6.07, 6.45) is 0.207. The van der Waals surface area contributed by atoms with Gasteiger partial charge in [-0.3, -0.25) is 19.3 Å². The highest BCUT2D eigenvalue weighted by Crippen LogP contribution is 2.31. The number of nitrogens with zero attached hydrogens (tertiary/aromatic N) is 1. The molecule has 2 amide bonds. The maximum absolute atomic E-state index is 11.5. The number of imide groups is 1. The molecule has 0 N–H and O–H groups in total. The third-order valence-electron chi connectivity index (χ3n) is 2.10. The lowest BCUT2D eigenvalue weighted by molar-refractivity contribution is -0.143. The molecule has 0 aromatic rings. The fraction of sp³-hybridized carbons (Fsp3) is 0.667. The molecule has 1 aliphatic heterocycles. The summed E-state index contributed by atoms with van der Waals surface area (Å²) in [6.45, 7) is 4.72. The summed E-state index contributed by atoms with van der Waals surface area (Å²) >= 11 is 0. The molecule has 0 aliphatic carbocycles. The summed E-state index contributed by atoms with van der Waals surface area (Å²) in [4.78, 5) is 34.6. The van der Waals surface area contributed by atoms with Crippen molar-refractivity contribution in [2.45, 2.75) is 27.2 Å². The summed E-state index contributed by atoms with van der Waals surface area (Å²) in [7, 11) is 0. The second-order valence-electron chi connectivity index (χ2n) is 4.05. The predicted molar refractivity (Wildman–Crippen MR) is 45.8 cm³/mol. The molecule has 72 valence electrons. The van der Waals surface area contributed by atoms with Gasteiger partial charge in [0.05, 0.1) is 12.0 Å². The van der Waals surface area contributed by atoms with Crippen LogP contribution >= 0.6 is 0 Å². The molecule has 4 heteroatoms. The summed E-state index contributed by atoms with van der Waals surface area (Å²) in [5.41, 5.74) is -0.632. The van der Waals surface area contributed by atoms with Gasteiger partial charge in [0.1, 0.15) is 5.78 Å². The minimum absolute atomic E-state index is 0.0822. The lowest BCUT2D eigenvalue weighted by Crippen LogP contribution is -2.36. The van der Waals surface area contributed by atoms with Gasteiger partial charge in [-0.25, -0.2) is 0 Å². The number of ketones is 1. The molecule has 1 aliphatic rings. The highest BCUT2D eigenvalue weighted by atomic mass is 16.2. The Labute approximate surface area is 76.9 Å². The fourth-order valence-corrected chi connectivity index (χ4v) is 1.41. The first-order chi connectivity index (χ1) is 5.84. The third kappa shape index (κ3) is 1.76. The maximum atomic E-state index is 11.5. The maximum Gasteiger partial charge on any atom is 0.235 e. The Morgan fingerprint density at radius 1 is 1.46 bits per heavy atom. The molecule has 0 unspecified atom stereocenters. The van der Waals surface area contributed by atoms with E-state index in [0.29, 0.717) is 0 Å². The van der Waals surface area contributed by atoms with Gasteiger partial charge in [0.15, 0.2) is 0 Å². The number of carbonyl (C=O) groups is 3. The van der Waals surface area contributed by atoms with E-state index in [-0.39, 0.29) is 30.6 Å². The normalized spacial score (nSPS) is 21.0. The average molecular weight is 183 g/mol. The van der Waals surface area contributed by atoms with E-state index in [2.05, 4.69) is 0 Å². The number of likely N-dealkylation sites (tertiary alicyclic amines) is 1. The van der Waals surface area contributed by atoms with E-state index in [0.717, 1.165) is 4.90 Å². The lowest BCUT2D eigenvalue weighted by Gasteiger charge is -2.15. The van der Waals surface area contributed by atoms with Gasteiger partial charge in [-0.2, -0.15) is 0 Å². The molecule has 1 saturated heterocycles. The largest absolute Gasteiger partial charge is 0.298 e. The van der Waals surface area contributed by atoms with Crippen LogP contribution in [0.4, 0.5) is 0 Å². The Bertz CT molecular complexity index is 281. The average Bonchev–Trinajstić information content (AvgIpc) is 2.12. The van der Waals surface area contributed by atoms with Crippen LogP contribution in [-0.4, -0.2) is 29.0 Å². The van der Waals surface area contributed by atoms with Crippen LogP contribution in [0.5, 0.6) is 0 Å². The minimum atomic E-state index is -0.632. The number of amides is 2. The summed E-state index contributed by atoms with van der Waals surface area (Å²) in [6, 6.07) is 0. The first-order valence-corrected chi connectivity index (χ1v) is 4.19. The van der Waals surface area contributed by atoms with E-state index >= 15 is 0 Å². The first kappa shape index (κ1) is 9.89. The molecule has 0 saturated carbocycles. The Hall–Kier alpha value is -1.19. The highest BCUT2D eigenvalue weighted by molar-refractivity contribution is 6.07. The number of rotatable bonds is 2. The van der Waals surface area contributed by atoms with Crippen LogP contribution in [0.25, 0.3) is 0 Å². The molecule has 0 aromatic carbocycles. The molecule has 4 nitrogen and oxygen atoms in total. The number of hydrogen-bond acceptors (Lipinski definition) is 3. The van der Waals surface area contributed by atoms with Gasteiger partial charge in [0.2, 0.25) is 11.8 Å². The van der Waals surface area contributed by atoms with Crippen molar-refractivity contribution in [2.75, 3.05) is 6.54 Å². The first-order valence-electron chi connectivity index (χ1n) is 4.19. The van der Waals surface area contributed by atoms with Gasteiger partial charge < -0.3 is 0 Å². The van der Waals surface area contributed by atoms with Crippen LogP contribution in [0.15, 0.2) is 0 Å². The molecule has 13 heavy (non-hydrogen) atoms. The molecule has 1 rings (SSSR count). The Morgan fingerprint density at radius 2 is 2.00 bits per heavy atom. The molecule has 0 bridgehead atoms. The second kappa shape index (κ2) is 2.94. The van der Waals surface area contributed by atoms with Gasteiger partial charge in [0.25, 0.3) is 0 Å². The van der Waals surface area contributed by atoms with E-state index in [1.807, 2.05) is 0 Å². The van der Waals surface area contributed by atoms with E-state index in [9.17, 15) is 14.4 Å². The quantitative estimate of drug-likeness (QED) is 0.581. The predicted octanol–water partition coefficient (Wildman–Crippen LogP) is 0.360. The van der Waals surface area contributed by atoms with Gasteiger partial charge in [0, 0.05) is 6.42 Å². The zero-order valence-corrected chi connectivity index (χ0v) is 8.09. The zero-order chi connectivity index (χ0) is 10.2. The molecular formula is C9H13NO3. The van der Waals surface area contributed by atoms with Crippen LogP contribution in [0.1, 0.15) is 27.2 Å². The third-order valence-corrected chi connectivity index (χ3v) is 2.10. The number of carbonyl (C=O) groups excluding carboxylic acids is 3. The van der Waals surface area contributed by atoms with Gasteiger partial charge >= 0.3 is 0 Å². The van der Waals surface area contributed by atoms with Crippen molar-refractivity contribution in [3.05, 3.63) is 0 Å². The van der Waals surface area contributed by atoms with Crippen molar-refractivity contribution in [1.29, 1.82) is 0 Å². The second-order valence-corrected chi connectivity index (χ2v) is 4.05. The van der Waals surface area contributed by atoms with Crippen LogP contribution in [0.2, 0.25) is 0 Å². The van der Waals surface area contributed by atoms with Crippen molar-refractivity contribution in [2.24, 2.45) is 5.41 Å². The van der Waals surface area contributed by atoms with Crippen molar-refractivity contribution < 1.29 is 14.4 Å². The molecular weight excluding hydrogens is 170 g/mol. The topological polar surface area (TPSA) is 54.5 Å². The van der Waals surface area contributed by atoms with Crippen molar-refractivity contribution >= 4 is 17.6 Å². The monoisotopic (exact) mass is 183 g/mol. The zero-order valence-electron chi connectivity index (χ0n) is 8.09. The molecule has 0 atom stereocenters. The van der Waals surface area contributed by atoms with Gasteiger partial charge in [-0.05, 0) is 6.92 Å². The van der Waals surface area contributed by atoms with E-state index in [4.69, 9.17) is 0 Å². The Kier molecular flexibility index (Phi) is 2.24. The van der Waals surface area contributed by atoms with Gasteiger partial charge in [-0.1, -0.05) is 13.8 Å². The fourth-order valence-electron chi connectivity index (χ4n) is 1.41. The summed E-state index contributed by atoms with van der Waals surface area (Å²) in [5.74, 6) is -0.655. The molecule has 0 spiro atoms. The number of hydrogen-bond donors (Lipinski definition) is 0. The SMILES string of the molecule is CC(=O)CN1C(=O)CC(C)(C)C1=O. The molecule has 0 aromatic heterocycles. The van der Waals surface area contributed by atoms with E-state index < -0.39 is 5.41 Å². The van der Waals surface area contributed by atoms with Crippen molar-refractivity contribution in [1.82, 2.24) is 4.90 Å². The van der Waals surface area contributed by atoms with Crippen LogP contribution in [-0.2, 0) is 14.4 Å². The standard InChI is InChI=1S/C9H13NO3/c1-6(11)5-10-7(12)4-9(2,3)8(10)13/h4-5H2,1-3H3. The van der Waals surface area contributed by atoms with Crippen molar-refractivity contribution in [3.8, 4) is 0 Å². The molecule has 1 fully saturated rings. The van der Waals surface area contributed by atoms with Gasteiger partial charge in [-0.15, -0.1) is 0 Å². The summed E-state index contributed by atoms with van der Waals surface area (Å²) < 4.78 is 0. The molecule has 1 heterocycles. The van der Waals surface area contributed by atoms with Crippen molar-refractivity contribution in [3.63, 3.8) is 0 Å². The highest BCUT2D eigenvalue weighted by Gasteiger charge is 2.44. The van der Waals surface area contributed by atoms with Crippen LogP contribution in [0.3, 0.4) is 0 Å². The van der Waals surface area contributed by atoms with Crippen LogP contribution < -0.4 is 0 Å². The smallest absolute Gasteiger partial charge is 0.235 e. The van der Waals surface area contributed by atoms with E-state index in [1.165, 1.54) is 6.92 Å². The molecule has 0 radical (unpaired) electrons. The Morgan fingerprint density at radius 3 is 2.31 bits per heavy atom. The Balaban J connectivity index is 2.83. The number of Topliss-reactive ketones (excluding diaryl/α,β-unsaturated/α-hetero) is 1.